The number of nitrogens with zero attached hydrogens (tertiary/aromatic N) is 3. The highest BCUT2D eigenvalue weighted by atomic mass is 19.1. The summed E-state index contributed by atoms with van der Waals surface area (Å²) in [5, 5.41) is 0. The topological polar surface area (TPSA) is 45.1 Å². The van der Waals surface area contributed by atoms with Crippen LogP contribution in [-0.2, 0) is 9.53 Å². The van der Waals surface area contributed by atoms with E-state index in [4.69, 9.17) is 4.74 Å². The van der Waals surface area contributed by atoms with Crippen LogP contribution in [0, 0.1) is 11.6 Å². The Morgan fingerprint density at radius 2 is 1.92 bits per heavy atom. The Labute approximate surface area is 150 Å². The standard InChI is InChI=1S/C19H19F2N3O2/c20-15-7-13(8-16(21)10-15)14-9-18-17(22-11-14)1-2-24(18)12-19(25)23-3-5-26-6-4-23/h1-2,7-8,10-11,18H,3-6,9,12H2. The zero-order chi connectivity index (χ0) is 18.1. The maximum atomic E-state index is 13.5. The number of carbonyl (C=O) groups excluding carboxylic acids is 1. The molecular weight excluding hydrogens is 340 g/mol. The van der Waals surface area contributed by atoms with Gasteiger partial charge in [0.2, 0.25) is 5.91 Å². The second-order valence-electron chi connectivity index (χ2n) is 6.57. The summed E-state index contributed by atoms with van der Waals surface area (Å²) in [6, 6.07) is 3.37. The molecule has 1 fully saturated rings. The molecule has 0 bridgehead atoms. The van der Waals surface area contributed by atoms with Crippen molar-refractivity contribution < 1.29 is 18.3 Å². The Balaban J connectivity index is 1.48. The van der Waals surface area contributed by atoms with Crippen LogP contribution in [0.3, 0.4) is 0 Å². The van der Waals surface area contributed by atoms with Crippen molar-refractivity contribution in [1.82, 2.24) is 9.80 Å². The lowest BCUT2D eigenvalue weighted by atomic mass is 9.95. The molecule has 5 nitrogen and oxygen atoms in total. The second-order valence-corrected chi connectivity index (χ2v) is 6.57. The summed E-state index contributed by atoms with van der Waals surface area (Å²) in [6.07, 6.45) is 5.95. The van der Waals surface area contributed by atoms with Crippen LogP contribution in [0.15, 0.2) is 41.7 Å². The molecule has 0 spiro atoms. The molecule has 4 rings (SSSR count). The molecular formula is C19H19F2N3O2. The molecule has 0 N–H and O–H groups in total. The van der Waals surface area contributed by atoms with Gasteiger partial charge in [0.15, 0.2) is 0 Å². The highest BCUT2D eigenvalue weighted by molar-refractivity contribution is 6.04. The molecule has 7 heteroatoms. The van der Waals surface area contributed by atoms with E-state index in [0.717, 1.165) is 17.4 Å². The number of carbonyl (C=O) groups is 1. The molecule has 0 saturated carbocycles. The van der Waals surface area contributed by atoms with Crippen LogP contribution in [0.4, 0.5) is 8.78 Å². The number of benzene rings is 1. The summed E-state index contributed by atoms with van der Waals surface area (Å²) in [4.78, 5) is 20.7. The third kappa shape index (κ3) is 3.39. The summed E-state index contributed by atoms with van der Waals surface area (Å²) < 4.78 is 32.3. The quantitative estimate of drug-likeness (QED) is 0.831. The predicted molar refractivity (Wildman–Crippen MR) is 93.4 cm³/mol. The van der Waals surface area contributed by atoms with Gasteiger partial charge in [-0.05, 0) is 29.3 Å². The third-order valence-electron chi connectivity index (χ3n) is 4.88. The van der Waals surface area contributed by atoms with Gasteiger partial charge in [0.25, 0.3) is 0 Å². The zero-order valence-electron chi connectivity index (χ0n) is 14.2. The van der Waals surface area contributed by atoms with E-state index in [1.807, 2.05) is 17.2 Å². The van der Waals surface area contributed by atoms with Crippen LogP contribution in [0.1, 0.15) is 12.0 Å². The van der Waals surface area contributed by atoms with Gasteiger partial charge in [-0.15, -0.1) is 0 Å². The van der Waals surface area contributed by atoms with E-state index in [2.05, 4.69) is 4.99 Å². The average molecular weight is 359 g/mol. The van der Waals surface area contributed by atoms with Crippen LogP contribution in [0.5, 0.6) is 0 Å². The number of amides is 1. The monoisotopic (exact) mass is 359 g/mol. The number of aliphatic imine (C=N–C) groups is 1. The minimum atomic E-state index is -0.612. The summed E-state index contributed by atoms with van der Waals surface area (Å²) >= 11 is 0. The summed E-state index contributed by atoms with van der Waals surface area (Å²) in [5.74, 6) is -1.17. The largest absolute Gasteiger partial charge is 0.378 e. The lowest BCUT2D eigenvalue weighted by molar-refractivity contribution is -0.136. The SMILES string of the molecule is O=C(CN1C=CC2=NC=C(c3cc(F)cc(F)c3)CC21)N1CCOCC1. The summed E-state index contributed by atoms with van der Waals surface area (Å²) in [7, 11) is 0. The molecule has 3 aliphatic rings. The van der Waals surface area contributed by atoms with E-state index in [9.17, 15) is 13.6 Å². The molecule has 1 unspecified atom stereocenters. The first-order chi connectivity index (χ1) is 12.6. The minimum Gasteiger partial charge on any atom is -0.378 e. The van der Waals surface area contributed by atoms with Gasteiger partial charge < -0.3 is 14.5 Å². The first-order valence-electron chi connectivity index (χ1n) is 8.63. The molecule has 0 aromatic heterocycles. The van der Waals surface area contributed by atoms with Crippen molar-refractivity contribution in [2.45, 2.75) is 12.5 Å². The number of ether oxygens (including phenoxy) is 1. The van der Waals surface area contributed by atoms with Crippen LogP contribution in [-0.4, -0.2) is 60.3 Å². The molecule has 1 atom stereocenters. The summed E-state index contributed by atoms with van der Waals surface area (Å²) in [6.45, 7) is 2.60. The summed E-state index contributed by atoms with van der Waals surface area (Å²) in [5.41, 5.74) is 2.10. The zero-order valence-corrected chi connectivity index (χ0v) is 14.2. The fourth-order valence-electron chi connectivity index (χ4n) is 3.48. The van der Waals surface area contributed by atoms with Gasteiger partial charge in [-0.3, -0.25) is 9.79 Å². The third-order valence-corrected chi connectivity index (χ3v) is 4.88. The second kappa shape index (κ2) is 6.99. The number of hydrogen-bond acceptors (Lipinski definition) is 4. The molecule has 136 valence electrons. The van der Waals surface area contributed by atoms with Crippen molar-refractivity contribution >= 4 is 17.2 Å². The first-order valence-corrected chi connectivity index (χ1v) is 8.63. The fourth-order valence-corrected chi connectivity index (χ4v) is 3.48. The van der Waals surface area contributed by atoms with Crippen LogP contribution in [0.2, 0.25) is 0 Å². The van der Waals surface area contributed by atoms with Gasteiger partial charge in [-0.2, -0.15) is 0 Å². The number of halogens is 2. The highest BCUT2D eigenvalue weighted by Crippen LogP contribution is 2.30. The minimum absolute atomic E-state index is 0.0482. The van der Waals surface area contributed by atoms with Crippen LogP contribution >= 0.6 is 0 Å². The normalized spacial score (nSPS) is 22.2. The molecule has 26 heavy (non-hydrogen) atoms. The maximum absolute atomic E-state index is 13.5. The number of fused-ring (bicyclic) bond motifs is 1. The lowest BCUT2D eigenvalue weighted by Gasteiger charge is -2.32. The molecule has 1 saturated heterocycles. The van der Waals surface area contributed by atoms with Gasteiger partial charge in [0, 0.05) is 38.0 Å². The molecule has 1 aromatic rings. The van der Waals surface area contributed by atoms with E-state index in [1.54, 1.807) is 11.1 Å². The Bertz CT molecular complexity index is 793. The van der Waals surface area contributed by atoms with Crippen molar-refractivity contribution in [1.29, 1.82) is 0 Å². The smallest absolute Gasteiger partial charge is 0.242 e. The fraction of sp³-hybridized carbons (Fsp3) is 0.368. The molecule has 3 heterocycles. The predicted octanol–water partition coefficient (Wildman–Crippen LogP) is 2.21. The molecule has 3 aliphatic heterocycles. The van der Waals surface area contributed by atoms with Crippen molar-refractivity contribution in [3.8, 4) is 0 Å². The Kier molecular flexibility index (Phi) is 4.55. The lowest BCUT2D eigenvalue weighted by Crippen LogP contribution is -2.46. The van der Waals surface area contributed by atoms with E-state index >= 15 is 0 Å². The van der Waals surface area contributed by atoms with Gasteiger partial charge in [0.05, 0.1) is 31.5 Å². The van der Waals surface area contributed by atoms with Crippen molar-refractivity contribution in [3.05, 3.63) is 53.9 Å². The van der Waals surface area contributed by atoms with Crippen LogP contribution < -0.4 is 0 Å². The van der Waals surface area contributed by atoms with Crippen LogP contribution in [0.25, 0.3) is 5.57 Å². The van der Waals surface area contributed by atoms with E-state index in [-0.39, 0.29) is 18.5 Å². The molecule has 1 amide bonds. The Hall–Kier alpha value is -2.54. The highest BCUT2D eigenvalue weighted by Gasteiger charge is 2.31. The average Bonchev–Trinajstić information content (AvgIpc) is 3.04. The molecule has 0 aliphatic carbocycles. The van der Waals surface area contributed by atoms with Gasteiger partial charge in [0.1, 0.15) is 11.6 Å². The van der Waals surface area contributed by atoms with Crippen molar-refractivity contribution in [2.75, 3.05) is 32.8 Å². The van der Waals surface area contributed by atoms with E-state index in [0.29, 0.717) is 38.3 Å². The maximum Gasteiger partial charge on any atom is 0.242 e. The van der Waals surface area contributed by atoms with Crippen molar-refractivity contribution in [2.24, 2.45) is 4.99 Å². The first kappa shape index (κ1) is 16.9. The molecule has 1 aromatic carbocycles. The van der Waals surface area contributed by atoms with E-state index < -0.39 is 11.6 Å². The number of hydrogen-bond donors (Lipinski definition) is 0. The van der Waals surface area contributed by atoms with Crippen molar-refractivity contribution in [3.63, 3.8) is 0 Å². The van der Waals surface area contributed by atoms with Gasteiger partial charge >= 0.3 is 0 Å². The Morgan fingerprint density at radius 3 is 2.65 bits per heavy atom. The van der Waals surface area contributed by atoms with E-state index in [1.165, 1.54) is 12.1 Å². The number of rotatable bonds is 3. The van der Waals surface area contributed by atoms with Gasteiger partial charge in [-0.25, -0.2) is 8.78 Å². The Morgan fingerprint density at radius 1 is 1.19 bits per heavy atom. The van der Waals surface area contributed by atoms with Gasteiger partial charge in [-0.1, -0.05) is 0 Å². The molecule has 0 radical (unpaired) electrons. The number of morpholine rings is 1.